The Bertz CT molecular complexity index is 222. The zero-order valence-electron chi connectivity index (χ0n) is 5.58. The molecule has 10 heavy (non-hydrogen) atoms. The van der Waals surface area contributed by atoms with Crippen LogP contribution in [-0.4, -0.2) is 5.06 Å². The monoisotopic (exact) mass is 134 g/mol. The number of hydroxylamine groups is 2. The van der Waals surface area contributed by atoms with Crippen LogP contribution < -0.4 is 0 Å². The number of hydrogen-bond acceptors (Lipinski definition) is 1. The molecule has 0 spiro atoms. The van der Waals surface area contributed by atoms with E-state index in [0.29, 0.717) is 13.1 Å². The van der Waals surface area contributed by atoms with Crippen molar-refractivity contribution < 1.29 is 5.21 Å². The molecule has 0 saturated carbocycles. The highest BCUT2D eigenvalue weighted by Crippen LogP contribution is 2.19. The number of nitrogens with zero attached hydrogens (tertiary/aromatic N) is 1. The maximum Gasteiger partial charge on any atom is 0.0529 e. The van der Waals surface area contributed by atoms with E-state index >= 15 is 0 Å². The van der Waals surface area contributed by atoms with Crippen molar-refractivity contribution in [3.63, 3.8) is 0 Å². The fraction of sp³-hybridized carbons (Fsp3) is 0.250. The average Bonchev–Trinajstić information content (AvgIpc) is 2.27. The summed E-state index contributed by atoms with van der Waals surface area (Å²) in [5.41, 5.74) is 2.36. The summed E-state index contributed by atoms with van der Waals surface area (Å²) in [5.74, 6) is 0. The van der Waals surface area contributed by atoms with Crippen LogP contribution in [0.25, 0.3) is 0 Å². The zero-order valence-corrected chi connectivity index (χ0v) is 5.58. The molecule has 0 bridgehead atoms. The molecule has 0 N–H and O–H groups in total. The molecule has 2 nitrogen and oxygen atoms in total. The number of rotatable bonds is 0. The molecule has 1 aliphatic heterocycles. The largest absolute Gasteiger partial charge is 0.146 e. The van der Waals surface area contributed by atoms with Crippen molar-refractivity contribution in [1.29, 1.82) is 0 Å². The molecule has 0 aliphatic carbocycles. The van der Waals surface area contributed by atoms with E-state index in [9.17, 15) is 5.21 Å². The lowest BCUT2D eigenvalue weighted by atomic mass is 10.1. The van der Waals surface area contributed by atoms with Gasteiger partial charge < -0.3 is 0 Å². The molecule has 1 aromatic carbocycles. The van der Waals surface area contributed by atoms with Crippen LogP contribution >= 0.6 is 0 Å². The van der Waals surface area contributed by atoms with E-state index < -0.39 is 0 Å². The normalized spacial score (nSPS) is 17.3. The first-order chi connectivity index (χ1) is 4.86. The Morgan fingerprint density at radius 1 is 1.10 bits per heavy atom. The predicted molar refractivity (Wildman–Crippen MR) is 36.4 cm³/mol. The average molecular weight is 134 g/mol. The highest BCUT2D eigenvalue weighted by atomic mass is 16.5. The summed E-state index contributed by atoms with van der Waals surface area (Å²) >= 11 is 0. The van der Waals surface area contributed by atoms with Crippen LogP contribution in [0.1, 0.15) is 11.1 Å². The molecule has 51 valence electrons. The van der Waals surface area contributed by atoms with E-state index in [1.165, 1.54) is 11.1 Å². The molecule has 0 atom stereocenters. The minimum atomic E-state index is 0.566. The minimum absolute atomic E-state index is 0.566. The van der Waals surface area contributed by atoms with E-state index in [2.05, 4.69) is 0 Å². The molecule has 0 unspecified atom stereocenters. The van der Waals surface area contributed by atoms with Gasteiger partial charge in [-0.25, -0.2) is 0 Å². The van der Waals surface area contributed by atoms with Gasteiger partial charge >= 0.3 is 0 Å². The van der Waals surface area contributed by atoms with Gasteiger partial charge in [0.15, 0.2) is 0 Å². The van der Waals surface area contributed by atoms with Gasteiger partial charge in [-0.3, -0.25) is 0 Å². The molecular weight excluding hydrogens is 126 g/mol. The molecule has 1 aromatic rings. The topological polar surface area (TPSA) is 23.1 Å². The summed E-state index contributed by atoms with van der Waals surface area (Å²) in [5, 5.41) is 11.9. The second kappa shape index (κ2) is 2.08. The fourth-order valence-electron chi connectivity index (χ4n) is 1.30. The lowest BCUT2D eigenvalue weighted by molar-refractivity contribution is -0.163. The van der Waals surface area contributed by atoms with Crippen molar-refractivity contribution in [2.75, 3.05) is 0 Å². The lowest BCUT2D eigenvalue weighted by Crippen LogP contribution is -2.06. The SMILES string of the molecule is [O]N1Cc2ccccc2C1. The summed E-state index contributed by atoms with van der Waals surface area (Å²) in [7, 11) is 0. The van der Waals surface area contributed by atoms with Gasteiger partial charge in [0.05, 0.1) is 13.1 Å². The first-order valence-electron chi connectivity index (χ1n) is 3.35. The molecule has 2 heteroatoms. The highest BCUT2D eigenvalue weighted by molar-refractivity contribution is 5.29. The van der Waals surface area contributed by atoms with E-state index in [4.69, 9.17) is 0 Å². The molecule has 2 rings (SSSR count). The van der Waals surface area contributed by atoms with Crippen molar-refractivity contribution in [2.45, 2.75) is 13.1 Å². The third-order valence-electron chi connectivity index (χ3n) is 1.81. The van der Waals surface area contributed by atoms with Crippen LogP contribution in [-0.2, 0) is 18.3 Å². The van der Waals surface area contributed by atoms with Gasteiger partial charge in [-0.05, 0) is 11.1 Å². The van der Waals surface area contributed by atoms with Crippen molar-refractivity contribution in [3.8, 4) is 0 Å². The van der Waals surface area contributed by atoms with Crippen LogP contribution in [0.2, 0.25) is 0 Å². The van der Waals surface area contributed by atoms with Gasteiger partial charge in [-0.2, -0.15) is 0 Å². The zero-order chi connectivity index (χ0) is 6.97. The van der Waals surface area contributed by atoms with Crippen LogP contribution in [0, 0.1) is 0 Å². The first kappa shape index (κ1) is 5.89. The first-order valence-corrected chi connectivity index (χ1v) is 3.35. The van der Waals surface area contributed by atoms with Crippen molar-refractivity contribution >= 4 is 0 Å². The Balaban J connectivity index is 2.42. The van der Waals surface area contributed by atoms with E-state index in [1.807, 2.05) is 24.3 Å². The fourth-order valence-corrected chi connectivity index (χ4v) is 1.30. The van der Waals surface area contributed by atoms with E-state index in [0.717, 1.165) is 5.06 Å². The Hall–Kier alpha value is -0.860. The predicted octanol–water partition coefficient (Wildman–Crippen LogP) is 1.35. The van der Waals surface area contributed by atoms with Crippen LogP contribution in [0.15, 0.2) is 24.3 Å². The summed E-state index contributed by atoms with van der Waals surface area (Å²) in [6.07, 6.45) is 0. The van der Waals surface area contributed by atoms with Gasteiger partial charge in [0.25, 0.3) is 0 Å². The Labute approximate surface area is 59.7 Å². The molecular formula is C8H8NO. The Morgan fingerprint density at radius 2 is 1.60 bits per heavy atom. The molecule has 0 saturated heterocycles. The van der Waals surface area contributed by atoms with Crippen molar-refractivity contribution in [2.24, 2.45) is 0 Å². The second-order valence-corrected chi connectivity index (χ2v) is 2.57. The molecule has 1 radical (unpaired) electrons. The molecule has 1 heterocycles. The summed E-state index contributed by atoms with van der Waals surface area (Å²) in [6.45, 7) is 1.13. The van der Waals surface area contributed by atoms with Crippen LogP contribution in [0.3, 0.4) is 0 Å². The Morgan fingerprint density at radius 3 is 2.10 bits per heavy atom. The van der Waals surface area contributed by atoms with E-state index in [1.54, 1.807) is 0 Å². The van der Waals surface area contributed by atoms with Gasteiger partial charge in [0.1, 0.15) is 0 Å². The maximum absolute atomic E-state index is 10.8. The summed E-state index contributed by atoms with van der Waals surface area (Å²) < 4.78 is 0. The molecule has 0 fully saturated rings. The van der Waals surface area contributed by atoms with Gasteiger partial charge in [-0.1, -0.05) is 24.3 Å². The Kier molecular flexibility index (Phi) is 1.22. The quantitative estimate of drug-likeness (QED) is 0.525. The van der Waals surface area contributed by atoms with Crippen molar-refractivity contribution in [1.82, 2.24) is 5.06 Å². The number of hydrogen-bond donors (Lipinski definition) is 0. The molecule has 0 amide bonds. The number of fused-ring (bicyclic) bond motifs is 1. The molecule has 0 aromatic heterocycles. The van der Waals surface area contributed by atoms with E-state index in [-0.39, 0.29) is 0 Å². The third kappa shape index (κ3) is 0.818. The second-order valence-electron chi connectivity index (χ2n) is 2.57. The maximum atomic E-state index is 10.8. The van der Waals surface area contributed by atoms with Crippen LogP contribution in [0.4, 0.5) is 0 Å². The summed E-state index contributed by atoms with van der Waals surface area (Å²) in [6, 6.07) is 7.95. The lowest BCUT2D eigenvalue weighted by Gasteiger charge is -1.95. The van der Waals surface area contributed by atoms with Gasteiger partial charge in [0, 0.05) is 0 Å². The smallest absolute Gasteiger partial charge is 0.0529 e. The minimum Gasteiger partial charge on any atom is -0.146 e. The van der Waals surface area contributed by atoms with Gasteiger partial charge in [0.2, 0.25) is 0 Å². The number of benzene rings is 1. The van der Waals surface area contributed by atoms with Gasteiger partial charge in [-0.15, -0.1) is 10.3 Å². The highest BCUT2D eigenvalue weighted by Gasteiger charge is 2.16. The third-order valence-corrected chi connectivity index (χ3v) is 1.81. The summed E-state index contributed by atoms with van der Waals surface area (Å²) in [4.78, 5) is 0. The van der Waals surface area contributed by atoms with Crippen LogP contribution in [0.5, 0.6) is 0 Å². The standard InChI is InChI=1S/C8H8NO/c10-9-5-7-3-1-2-4-8(7)6-9/h1-4H,5-6H2. The molecule has 1 aliphatic rings. The van der Waals surface area contributed by atoms with Crippen molar-refractivity contribution in [3.05, 3.63) is 35.4 Å².